The largest absolute Gasteiger partial charge is 0.445 e. The first-order valence-corrected chi connectivity index (χ1v) is 11.4. The molecular weight excluding hydrogens is 436 g/mol. The van der Waals surface area contributed by atoms with Gasteiger partial charge < -0.3 is 20.7 Å². The number of alkyl carbamates (subject to hydrolysis) is 1. The van der Waals surface area contributed by atoms with E-state index in [-0.39, 0.29) is 18.9 Å². The molecule has 2 atom stereocenters. The van der Waals surface area contributed by atoms with Gasteiger partial charge in [-0.05, 0) is 36.0 Å². The zero-order valence-corrected chi connectivity index (χ0v) is 19.4. The van der Waals surface area contributed by atoms with Crippen LogP contribution >= 0.6 is 0 Å². The number of ketones is 1. The van der Waals surface area contributed by atoms with E-state index in [1.165, 1.54) is 0 Å². The number of nitrogens with zero attached hydrogens (tertiary/aromatic N) is 1. The van der Waals surface area contributed by atoms with E-state index in [0.29, 0.717) is 25.1 Å². The Morgan fingerprint density at radius 1 is 1.15 bits per heavy atom. The number of pyridine rings is 1. The summed E-state index contributed by atoms with van der Waals surface area (Å²) in [6.45, 7) is 3.94. The fourth-order valence-corrected chi connectivity index (χ4v) is 3.70. The zero-order valence-electron chi connectivity index (χ0n) is 19.4. The third-order valence-electron chi connectivity index (χ3n) is 5.58. The molecule has 180 valence electrons. The minimum Gasteiger partial charge on any atom is -0.445 e. The summed E-state index contributed by atoms with van der Waals surface area (Å²) in [5, 5.41) is 7.83. The zero-order chi connectivity index (χ0) is 24.5. The summed E-state index contributed by atoms with van der Waals surface area (Å²) < 4.78 is 5.23. The molecule has 2 heterocycles. The lowest BCUT2D eigenvalue weighted by Gasteiger charge is -2.25. The normalized spacial score (nSPS) is 17.2. The van der Waals surface area contributed by atoms with Crippen LogP contribution in [0.3, 0.4) is 0 Å². The Hall–Kier alpha value is -3.75. The van der Waals surface area contributed by atoms with Crippen molar-refractivity contribution in [3.05, 3.63) is 65.5 Å². The van der Waals surface area contributed by atoms with E-state index >= 15 is 0 Å². The average molecular weight is 467 g/mol. The van der Waals surface area contributed by atoms with E-state index in [9.17, 15) is 19.2 Å². The molecule has 2 aromatic rings. The van der Waals surface area contributed by atoms with Gasteiger partial charge in [-0.1, -0.05) is 50.2 Å². The lowest BCUT2D eigenvalue weighted by Crippen LogP contribution is -2.56. The maximum absolute atomic E-state index is 13.1. The highest BCUT2D eigenvalue weighted by molar-refractivity contribution is 6.38. The predicted molar refractivity (Wildman–Crippen MR) is 125 cm³/mol. The molecule has 1 aromatic heterocycles. The van der Waals surface area contributed by atoms with E-state index in [2.05, 4.69) is 20.9 Å². The highest BCUT2D eigenvalue weighted by Gasteiger charge is 2.33. The lowest BCUT2D eigenvalue weighted by molar-refractivity contribution is -0.140. The van der Waals surface area contributed by atoms with Gasteiger partial charge in [-0.25, -0.2) is 4.79 Å². The molecule has 3 N–H and O–H groups in total. The minimum absolute atomic E-state index is 0.0584. The number of aryl methyl sites for hydroxylation is 1. The summed E-state index contributed by atoms with van der Waals surface area (Å²) in [5.41, 5.74) is 2.44. The topological polar surface area (TPSA) is 126 Å². The van der Waals surface area contributed by atoms with Crippen molar-refractivity contribution in [3.63, 3.8) is 0 Å². The third kappa shape index (κ3) is 6.87. The second-order valence-corrected chi connectivity index (χ2v) is 8.53. The van der Waals surface area contributed by atoms with Crippen molar-refractivity contribution in [3.8, 4) is 0 Å². The van der Waals surface area contributed by atoms with Crippen LogP contribution in [0.15, 0.2) is 48.7 Å². The molecule has 3 rings (SSSR count). The van der Waals surface area contributed by atoms with Crippen molar-refractivity contribution < 1.29 is 23.9 Å². The summed E-state index contributed by atoms with van der Waals surface area (Å²) >= 11 is 0. The number of aromatic nitrogens is 1. The average Bonchev–Trinajstić information content (AvgIpc) is 2.83. The van der Waals surface area contributed by atoms with Gasteiger partial charge in [-0.3, -0.25) is 19.4 Å². The molecule has 9 heteroatoms. The number of hydrogen-bond donors (Lipinski definition) is 3. The maximum Gasteiger partial charge on any atom is 0.408 e. The van der Waals surface area contributed by atoms with Crippen molar-refractivity contribution in [1.29, 1.82) is 0 Å². The molecule has 1 aliphatic rings. The van der Waals surface area contributed by atoms with Crippen molar-refractivity contribution in [2.45, 2.75) is 51.8 Å². The molecule has 9 nitrogen and oxygen atoms in total. The van der Waals surface area contributed by atoms with Crippen LogP contribution in [0.5, 0.6) is 0 Å². The second-order valence-electron chi connectivity index (χ2n) is 8.53. The van der Waals surface area contributed by atoms with Gasteiger partial charge in [-0.15, -0.1) is 0 Å². The number of nitrogens with one attached hydrogen (secondary N) is 3. The standard InChI is InChI=1S/C25H30N4O5/c1-16(2)21(29-25(33)34-15-17-8-4-3-5-9-17)23(31)28-20-14-19-18(10-6-12-26-19)11-7-13-27-24(32)22(20)30/h3-6,8-10,12,16,20-21H,7,11,13-15H2,1-2H3,(H,27,32)(H,28,31)(H,29,33). The van der Waals surface area contributed by atoms with Crippen LogP contribution in [0.25, 0.3) is 0 Å². The number of amides is 3. The highest BCUT2D eigenvalue weighted by Crippen LogP contribution is 2.13. The van der Waals surface area contributed by atoms with Crippen LogP contribution in [0, 0.1) is 5.92 Å². The molecule has 0 spiro atoms. The molecule has 3 amide bonds. The lowest BCUT2D eigenvalue weighted by atomic mass is 9.97. The second kappa shape index (κ2) is 11.9. The SMILES string of the molecule is CC(C)C(NC(=O)OCc1ccccc1)C(=O)NC1Cc2ncccc2CCCNC(=O)C1=O. The molecule has 2 unspecified atom stereocenters. The molecule has 0 bridgehead atoms. The third-order valence-corrected chi connectivity index (χ3v) is 5.58. The van der Waals surface area contributed by atoms with E-state index in [1.807, 2.05) is 42.5 Å². The Morgan fingerprint density at radius 2 is 1.91 bits per heavy atom. The summed E-state index contributed by atoms with van der Waals surface area (Å²) in [4.78, 5) is 54.9. The predicted octanol–water partition coefficient (Wildman–Crippen LogP) is 1.69. The fourth-order valence-electron chi connectivity index (χ4n) is 3.70. The van der Waals surface area contributed by atoms with Gasteiger partial charge in [0.25, 0.3) is 5.91 Å². The summed E-state index contributed by atoms with van der Waals surface area (Å²) in [6, 6.07) is 10.8. The van der Waals surface area contributed by atoms with Crippen molar-refractivity contribution in [2.75, 3.05) is 6.54 Å². The van der Waals surface area contributed by atoms with Crippen molar-refractivity contribution >= 4 is 23.7 Å². The van der Waals surface area contributed by atoms with E-state index < -0.39 is 35.8 Å². The molecule has 0 fully saturated rings. The first kappa shape index (κ1) is 24.9. The minimum atomic E-state index is -1.11. The number of rotatable bonds is 6. The van der Waals surface area contributed by atoms with Crippen LogP contribution in [-0.2, 0) is 38.6 Å². The smallest absolute Gasteiger partial charge is 0.408 e. The van der Waals surface area contributed by atoms with Crippen LogP contribution in [-0.4, -0.2) is 47.3 Å². The van der Waals surface area contributed by atoms with Gasteiger partial charge in [0, 0.05) is 24.9 Å². The van der Waals surface area contributed by atoms with Gasteiger partial charge in [0.1, 0.15) is 18.7 Å². The first-order chi connectivity index (χ1) is 16.3. The molecule has 1 aliphatic heterocycles. The molecule has 0 saturated heterocycles. The van der Waals surface area contributed by atoms with Gasteiger partial charge in [-0.2, -0.15) is 0 Å². The van der Waals surface area contributed by atoms with E-state index in [0.717, 1.165) is 11.1 Å². The quantitative estimate of drug-likeness (QED) is 0.556. The monoisotopic (exact) mass is 466 g/mol. The number of ether oxygens (including phenoxy) is 1. The number of carbonyl (C=O) groups is 4. The number of fused-ring (bicyclic) bond motifs is 1. The molecular formula is C25H30N4O5. The molecule has 0 radical (unpaired) electrons. The maximum atomic E-state index is 13.1. The Labute approximate surface area is 198 Å². The summed E-state index contributed by atoms with van der Waals surface area (Å²) in [7, 11) is 0. The summed E-state index contributed by atoms with van der Waals surface area (Å²) in [5.74, 6) is -2.37. The van der Waals surface area contributed by atoms with Gasteiger partial charge in [0.2, 0.25) is 11.7 Å². The number of hydrogen-bond acceptors (Lipinski definition) is 6. The fraction of sp³-hybridized carbons (Fsp3) is 0.400. The van der Waals surface area contributed by atoms with Crippen molar-refractivity contribution in [2.24, 2.45) is 5.92 Å². The Kier molecular flexibility index (Phi) is 8.73. The van der Waals surface area contributed by atoms with Crippen LogP contribution in [0.1, 0.15) is 37.1 Å². The molecule has 1 aromatic carbocycles. The van der Waals surface area contributed by atoms with Crippen LogP contribution in [0.2, 0.25) is 0 Å². The number of benzene rings is 1. The Balaban J connectivity index is 1.70. The Bertz CT molecular complexity index is 1020. The first-order valence-electron chi connectivity index (χ1n) is 11.4. The number of carbonyl (C=O) groups excluding carboxylic acids is 4. The van der Waals surface area contributed by atoms with Gasteiger partial charge in [0.05, 0.1) is 0 Å². The molecule has 34 heavy (non-hydrogen) atoms. The van der Waals surface area contributed by atoms with Crippen LogP contribution in [0.4, 0.5) is 4.79 Å². The van der Waals surface area contributed by atoms with Crippen molar-refractivity contribution in [1.82, 2.24) is 20.9 Å². The van der Waals surface area contributed by atoms with Crippen LogP contribution < -0.4 is 16.0 Å². The van der Waals surface area contributed by atoms with Gasteiger partial charge in [0.15, 0.2) is 0 Å². The Morgan fingerprint density at radius 3 is 2.65 bits per heavy atom. The van der Waals surface area contributed by atoms with Gasteiger partial charge >= 0.3 is 6.09 Å². The molecule has 0 aliphatic carbocycles. The summed E-state index contributed by atoms with van der Waals surface area (Å²) in [6.07, 6.45) is 2.33. The number of Topliss-reactive ketones (excluding diaryl/α,β-unsaturated/α-hetero) is 1. The van der Waals surface area contributed by atoms with E-state index in [1.54, 1.807) is 20.0 Å². The highest BCUT2D eigenvalue weighted by atomic mass is 16.5. The van der Waals surface area contributed by atoms with E-state index in [4.69, 9.17) is 4.74 Å². The molecule has 0 saturated carbocycles.